The predicted octanol–water partition coefficient (Wildman–Crippen LogP) is 4.98. The maximum Gasteiger partial charge on any atom is 0.220 e. The molecule has 1 amide bonds. The Bertz CT molecular complexity index is 1230. The number of amides is 1. The van der Waals surface area contributed by atoms with Gasteiger partial charge in [0.1, 0.15) is 5.52 Å². The van der Waals surface area contributed by atoms with Crippen molar-refractivity contribution in [2.75, 3.05) is 12.3 Å². The van der Waals surface area contributed by atoms with E-state index in [1.54, 1.807) is 11.8 Å². The zero-order valence-corrected chi connectivity index (χ0v) is 19.7. The van der Waals surface area contributed by atoms with Crippen molar-refractivity contribution in [3.8, 4) is 0 Å². The summed E-state index contributed by atoms with van der Waals surface area (Å²) in [6.07, 6.45) is 1.30. The van der Waals surface area contributed by atoms with E-state index in [0.29, 0.717) is 17.5 Å². The number of carbonyl (C=O) groups excluding carboxylic acids is 1. The van der Waals surface area contributed by atoms with Crippen molar-refractivity contribution in [2.45, 2.75) is 45.3 Å². The molecule has 0 spiro atoms. The van der Waals surface area contributed by atoms with E-state index in [4.69, 9.17) is 4.98 Å². The molecule has 0 radical (unpaired) electrons. The molecule has 2 aromatic heterocycles. The first kappa shape index (κ1) is 22.3. The zero-order valence-electron chi connectivity index (χ0n) is 18.8. The molecule has 0 aliphatic rings. The minimum absolute atomic E-state index is 0.104. The number of nitrogens with one attached hydrogen (secondary N) is 1. The molecule has 7 heteroatoms. The number of para-hydroxylation sites is 1. The van der Waals surface area contributed by atoms with Gasteiger partial charge in [-0.15, -0.1) is 10.2 Å². The van der Waals surface area contributed by atoms with Crippen molar-refractivity contribution in [1.29, 1.82) is 0 Å². The van der Waals surface area contributed by atoms with Gasteiger partial charge in [-0.05, 0) is 36.5 Å². The largest absolute Gasteiger partial charge is 0.356 e. The van der Waals surface area contributed by atoms with Crippen LogP contribution in [0.1, 0.15) is 37.8 Å². The molecular formula is C25H29N5OS. The van der Waals surface area contributed by atoms with Gasteiger partial charge < -0.3 is 9.88 Å². The van der Waals surface area contributed by atoms with Crippen LogP contribution in [-0.4, -0.2) is 38.0 Å². The second-order valence-corrected chi connectivity index (χ2v) is 9.51. The lowest BCUT2D eigenvalue weighted by molar-refractivity contribution is -0.121. The first-order valence-electron chi connectivity index (χ1n) is 11.1. The third-order valence-electron chi connectivity index (χ3n) is 5.43. The van der Waals surface area contributed by atoms with Gasteiger partial charge >= 0.3 is 0 Å². The molecule has 0 atom stereocenters. The van der Waals surface area contributed by atoms with E-state index in [-0.39, 0.29) is 5.91 Å². The molecule has 4 aromatic rings. The summed E-state index contributed by atoms with van der Waals surface area (Å²) in [5.74, 6) is 1.35. The molecule has 0 unspecified atom stereocenters. The van der Waals surface area contributed by atoms with Gasteiger partial charge in [0.15, 0.2) is 5.65 Å². The molecule has 0 fully saturated rings. The van der Waals surface area contributed by atoms with Crippen LogP contribution in [0.3, 0.4) is 0 Å². The number of hydrogen-bond donors (Lipinski definition) is 1. The predicted molar refractivity (Wildman–Crippen MR) is 131 cm³/mol. The maximum atomic E-state index is 11.9. The fourth-order valence-electron chi connectivity index (χ4n) is 3.67. The quantitative estimate of drug-likeness (QED) is 0.289. The van der Waals surface area contributed by atoms with E-state index in [2.05, 4.69) is 77.3 Å². The lowest BCUT2D eigenvalue weighted by Crippen LogP contribution is -2.27. The second kappa shape index (κ2) is 10.1. The molecule has 0 saturated carbocycles. The summed E-state index contributed by atoms with van der Waals surface area (Å²) in [6.45, 7) is 7.77. The van der Waals surface area contributed by atoms with Crippen molar-refractivity contribution in [3.63, 3.8) is 0 Å². The van der Waals surface area contributed by atoms with E-state index < -0.39 is 0 Å². The zero-order chi connectivity index (χ0) is 22.5. The normalized spacial score (nSPS) is 11.5. The van der Waals surface area contributed by atoms with E-state index in [0.717, 1.165) is 47.3 Å². The average molecular weight is 448 g/mol. The van der Waals surface area contributed by atoms with Crippen LogP contribution < -0.4 is 5.32 Å². The van der Waals surface area contributed by atoms with Crippen molar-refractivity contribution in [3.05, 3.63) is 59.7 Å². The summed E-state index contributed by atoms with van der Waals surface area (Å²) in [4.78, 5) is 16.8. The molecule has 6 nitrogen and oxygen atoms in total. The molecule has 2 aromatic carbocycles. The number of thioether (sulfide) groups is 1. The molecule has 0 aliphatic heterocycles. The van der Waals surface area contributed by atoms with Crippen molar-refractivity contribution in [1.82, 2.24) is 25.1 Å². The monoisotopic (exact) mass is 447 g/mol. The summed E-state index contributed by atoms with van der Waals surface area (Å²) in [7, 11) is 0. The summed E-state index contributed by atoms with van der Waals surface area (Å²) in [5, 5.41) is 13.6. The third kappa shape index (κ3) is 5.10. The molecule has 0 aliphatic carbocycles. The molecular weight excluding hydrogens is 418 g/mol. The molecule has 0 saturated heterocycles. The van der Waals surface area contributed by atoms with Crippen molar-refractivity contribution in [2.24, 2.45) is 5.92 Å². The van der Waals surface area contributed by atoms with E-state index in [1.165, 1.54) is 11.1 Å². The van der Waals surface area contributed by atoms with Gasteiger partial charge in [0.05, 0.1) is 5.52 Å². The highest BCUT2D eigenvalue weighted by Crippen LogP contribution is 2.28. The fourth-order valence-corrected chi connectivity index (χ4v) is 4.39. The van der Waals surface area contributed by atoms with E-state index >= 15 is 0 Å². The summed E-state index contributed by atoms with van der Waals surface area (Å²) >= 11 is 1.55. The first-order chi connectivity index (χ1) is 15.5. The Morgan fingerprint density at radius 2 is 1.88 bits per heavy atom. The minimum atomic E-state index is 0.104. The minimum Gasteiger partial charge on any atom is -0.356 e. The molecule has 2 heterocycles. The molecule has 4 rings (SSSR count). The molecule has 166 valence electrons. The van der Waals surface area contributed by atoms with Gasteiger partial charge in [0.2, 0.25) is 11.1 Å². The second-order valence-electron chi connectivity index (χ2n) is 8.45. The van der Waals surface area contributed by atoms with Gasteiger partial charge in [0.25, 0.3) is 0 Å². The Balaban J connectivity index is 1.53. The van der Waals surface area contributed by atoms with Crippen molar-refractivity contribution >= 4 is 39.7 Å². The van der Waals surface area contributed by atoms with Crippen LogP contribution in [0.4, 0.5) is 0 Å². The number of nitrogens with zero attached hydrogens (tertiary/aromatic N) is 4. The highest BCUT2D eigenvalue weighted by molar-refractivity contribution is 7.99. The number of aryl methyl sites for hydroxylation is 1. The Kier molecular flexibility index (Phi) is 7.05. The molecule has 0 bridgehead atoms. The van der Waals surface area contributed by atoms with Crippen molar-refractivity contribution < 1.29 is 4.79 Å². The molecule has 1 N–H and O–H groups in total. The number of benzene rings is 2. The van der Waals surface area contributed by atoms with Crippen LogP contribution in [-0.2, 0) is 11.3 Å². The van der Waals surface area contributed by atoms with Gasteiger partial charge in [0, 0.05) is 30.6 Å². The summed E-state index contributed by atoms with van der Waals surface area (Å²) in [6, 6.07) is 16.7. The number of carbonyl (C=O) groups is 1. The Hall–Kier alpha value is -2.93. The van der Waals surface area contributed by atoms with Gasteiger partial charge in [-0.3, -0.25) is 4.79 Å². The van der Waals surface area contributed by atoms with Crippen LogP contribution in [0.25, 0.3) is 22.1 Å². The standard InChI is InChI=1S/C25H29N5OS/c1-17(2)15-26-22(31)13-8-14-32-25-27-24-23(28-29-25)20-11-6-7-12-21(20)30(24)16-19-10-5-4-9-18(19)3/h4-7,9-12,17H,8,13-16H2,1-3H3,(H,26,31). The summed E-state index contributed by atoms with van der Waals surface area (Å²) < 4.78 is 2.23. The highest BCUT2D eigenvalue weighted by Gasteiger charge is 2.15. The Morgan fingerprint density at radius 1 is 1.09 bits per heavy atom. The number of hydrogen-bond acceptors (Lipinski definition) is 5. The summed E-state index contributed by atoms with van der Waals surface area (Å²) in [5.41, 5.74) is 5.30. The maximum absolute atomic E-state index is 11.9. The Morgan fingerprint density at radius 3 is 2.69 bits per heavy atom. The van der Waals surface area contributed by atoms with Gasteiger partial charge in [-0.25, -0.2) is 4.98 Å². The van der Waals surface area contributed by atoms with Gasteiger partial charge in [-0.2, -0.15) is 0 Å². The van der Waals surface area contributed by atoms with Crippen LogP contribution in [0.2, 0.25) is 0 Å². The van der Waals surface area contributed by atoms with Crippen LogP contribution >= 0.6 is 11.8 Å². The van der Waals surface area contributed by atoms with Crippen LogP contribution in [0, 0.1) is 12.8 Å². The van der Waals surface area contributed by atoms with Crippen LogP contribution in [0.5, 0.6) is 0 Å². The SMILES string of the molecule is Cc1ccccc1Cn1c2ccccc2c2nnc(SCCCC(=O)NCC(C)C)nc21. The molecule has 32 heavy (non-hydrogen) atoms. The smallest absolute Gasteiger partial charge is 0.220 e. The number of aromatic nitrogens is 4. The number of fused-ring (bicyclic) bond motifs is 3. The lowest BCUT2D eigenvalue weighted by atomic mass is 10.1. The number of rotatable bonds is 9. The first-order valence-corrected chi connectivity index (χ1v) is 12.1. The van der Waals surface area contributed by atoms with E-state index in [1.807, 2.05) is 12.1 Å². The topological polar surface area (TPSA) is 72.7 Å². The highest BCUT2D eigenvalue weighted by atomic mass is 32.2. The Labute approximate surface area is 192 Å². The lowest BCUT2D eigenvalue weighted by Gasteiger charge is -2.10. The van der Waals surface area contributed by atoms with Gasteiger partial charge in [-0.1, -0.05) is 68.1 Å². The third-order valence-corrected chi connectivity index (χ3v) is 6.35. The van der Waals surface area contributed by atoms with E-state index in [9.17, 15) is 4.79 Å². The van der Waals surface area contributed by atoms with Crippen LogP contribution in [0.15, 0.2) is 53.7 Å². The fraction of sp³-hybridized carbons (Fsp3) is 0.360. The average Bonchev–Trinajstić information content (AvgIpc) is 3.10.